The Bertz CT molecular complexity index is 1300. The van der Waals surface area contributed by atoms with Gasteiger partial charge in [0.05, 0.1) is 6.42 Å². The second-order valence-electron chi connectivity index (χ2n) is 7.12. The lowest BCUT2D eigenvalue weighted by molar-refractivity contribution is -0.121. The highest BCUT2D eigenvalue weighted by atomic mass is 32.2. The zero-order valence-corrected chi connectivity index (χ0v) is 19.1. The highest BCUT2D eigenvalue weighted by Crippen LogP contribution is 2.17. The Balaban J connectivity index is 1.33. The number of nitrogens with one attached hydrogen (secondary N) is 2. The monoisotopic (exact) mass is 466 g/mol. The van der Waals surface area contributed by atoms with Crippen LogP contribution in [0.25, 0.3) is 5.78 Å². The van der Waals surface area contributed by atoms with Gasteiger partial charge in [-0.2, -0.15) is 4.98 Å². The molecule has 10 nitrogen and oxygen atoms in total. The largest absolute Gasteiger partial charge is 0.486 e. The number of amides is 2. The average Bonchev–Trinajstić information content (AvgIpc) is 3.46. The average molecular weight is 467 g/mol. The molecule has 0 aliphatic rings. The quantitative estimate of drug-likeness (QED) is 0.315. The first-order valence-electron chi connectivity index (χ1n) is 10.1. The summed E-state index contributed by atoms with van der Waals surface area (Å²) >= 11 is 1.42. The van der Waals surface area contributed by atoms with Crippen LogP contribution in [0.4, 0.5) is 0 Å². The summed E-state index contributed by atoms with van der Waals surface area (Å²) in [5, 5.41) is 4.97. The lowest BCUT2D eigenvalue weighted by atomic mass is 10.1. The van der Waals surface area contributed by atoms with Crippen LogP contribution in [-0.2, 0) is 17.8 Å². The maximum absolute atomic E-state index is 12.5. The molecule has 4 rings (SSSR count). The molecule has 2 N–H and O–H groups in total. The lowest BCUT2D eigenvalue weighted by Crippen LogP contribution is -2.42. The number of carbonyl (C=O) groups excluding carboxylic acids is 2. The summed E-state index contributed by atoms with van der Waals surface area (Å²) in [5.74, 6) is 0.748. The molecule has 0 atom stereocenters. The molecule has 2 amide bonds. The Kier molecular flexibility index (Phi) is 6.59. The smallest absolute Gasteiger partial charge is 0.305 e. The number of para-hydroxylation sites is 1. The second-order valence-corrected chi connectivity index (χ2v) is 7.89. The van der Waals surface area contributed by atoms with Crippen LogP contribution in [-0.4, -0.2) is 37.7 Å². The number of fused-ring (bicyclic) bond motifs is 1. The first-order chi connectivity index (χ1) is 15.9. The highest BCUT2D eigenvalue weighted by Gasteiger charge is 2.17. The number of aryl methyl sites for hydroxylation is 2. The minimum atomic E-state index is -0.572. The van der Waals surface area contributed by atoms with E-state index < -0.39 is 11.8 Å². The van der Waals surface area contributed by atoms with Crippen molar-refractivity contribution in [1.82, 2.24) is 30.4 Å². The number of hydrazine groups is 1. The summed E-state index contributed by atoms with van der Waals surface area (Å²) in [6, 6.07) is 12.4. The lowest BCUT2D eigenvalue weighted by Gasteiger charge is -2.11. The maximum Gasteiger partial charge on any atom is 0.305 e. The Hall–Kier alpha value is -3.86. The van der Waals surface area contributed by atoms with Gasteiger partial charge in [-0.05, 0) is 44.4 Å². The summed E-state index contributed by atoms with van der Waals surface area (Å²) in [6.45, 7) is 3.84. The van der Waals surface area contributed by atoms with Crippen molar-refractivity contribution in [1.29, 1.82) is 0 Å². The number of nitrogens with zero attached hydrogens (tertiary/aromatic N) is 4. The summed E-state index contributed by atoms with van der Waals surface area (Å²) in [6.07, 6.45) is 1.90. The molecule has 3 aromatic heterocycles. The van der Waals surface area contributed by atoms with Gasteiger partial charge in [-0.1, -0.05) is 30.0 Å². The Morgan fingerprint density at radius 3 is 2.64 bits per heavy atom. The van der Waals surface area contributed by atoms with Crippen molar-refractivity contribution in [2.45, 2.75) is 32.0 Å². The molecule has 0 aliphatic carbocycles. The molecule has 11 heteroatoms. The van der Waals surface area contributed by atoms with Gasteiger partial charge in [-0.15, -0.1) is 5.10 Å². The Morgan fingerprint density at radius 2 is 1.88 bits per heavy atom. The van der Waals surface area contributed by atoms with Crippen LogP contribution < -0.4 is 15.6 Å². The van der Waals surface area contributed by atoms with E-state index in [1.54, 1.807) is 10.6 Å². The molecule has 0 bridgehead atoms. The summed E-state index contributed by atoms with van der Waals surface area (Å²) < 4.78 is 12.7. The van der Waals surface area contributed by atoms with Gasteiger partial charge < -0.3 is 9.15 Å². The van der Waals surface area contributed by atoms with Crippen molar-refractivity contribution in [3.05, 3.63) is 70.9 Å². The van der Waals surface area contributed by atoms with E-state index in [1.165, 1.54) is 17.8 Å². The number of carbonyl (C=O) groups is 2. The van der Waals surface area contributed by atoms with Crippen LogP contribution >= 0.6 is 11.8 Å². The molecule has 0 saturated heterocycles. The van der Waals surface area contributed by atoms with E-state index >= 15 is 0 Å². The molecule has 0 unspecified atom stereocenters. The van der Waals surface area contributed by atoms with Crippen molar-refractivity contribution in [2.24, 2.45) is 0 Å². The molecule has 4 aromatic rings. The summed E-state index contributed by atoms with van der Waals surface area (Å²) in [7, 11) is 0. The second kappa shape index (κ2) is 9.74. The maximum atomic E-state index is 12.5. The Morgan fingerprint density at radius 1 is 1.09 bits per heavy atom. The van der Waals surface area contributed by atoms with Crippen LogP contribution in [0.1, 0.15) is 33.3 Å². The molecule has 0 radical (unpaired) electrons. The van der Waals surface area contributed by atoms with E-state index in [-0.39, 0.29) is 18.8 Å². The fraction of sp³-hybridized carbons (Fsp3) is 0.227. The van der Waals surface area contributed by atoms with Crippen LogP contribution in [0.5, 0.6) is 5.75 Å². The van der Waals surface area contributed by atoms with Crippen molar-refractivity contribution >= 4 is 29.4 Å². The van der Waals surface area contributed by atoms with Crippen LogP contribution in [0.2, 0.25) is 0 Å². The molecular formula is C22H22N6O4S. The molecule has 0 aliphatic heterocycles. The number of ether oxygens (including phenoxy) is 1. The van der Waals surface area contributed by atoms with E-state index in [4.69, 9.17) is 9.15 Å². The molecule has 170 valence electrons. The zero-order chi connectivity index (χ0) is 23.4. The van der Waals surface area contributed by atoms with Gasteiger partial charge in [0.15, 0.2) is 5.76 Å². The molecular weight excluding hydrogens is 444 g/mol. The van der Waals surface area contributed by atoms with Crippen molar-refractivity contribution < 1.29 is 18.7 Å². The third kappa shape index (κ3) is 5.14. The number of hydrogen-bond donors (Lipinski definition) is 2. The highest BCUT2D eigenvalue weighted by molar-refractivity contribution is 7.98. The van der Waals surface area contributed by atoms with Gasteiger partial charge in [0, 0.05) is 17.0 Å². The number of rotatable bonds is 7. The molecule has 0 spiro atoms. The molecule has 33 heavy (non-hydrogen) atoms. The van der Waals surface area contributed by atoms with Crippen molar-refractivity contribution in [3.63, 3.8) is 0 Å². The topological polar surface area (TPSA) is 124 Å². The van der Waals surface area contributed by atoms with Crippen molar-refractivity contribution in [3.8, 4) is 5.75 Å². The third-order valence-corrected chi connectivity index (χ3v) is 5.41. The first kappa shape index (κ1) is 22.3. The molecule has 0 fully saturated rings. The predicted octanol–water partition coefficient (Wildman–Crippen LogP) is 2.64. The van der Waals surface area contributed by atoms with Gasteiger partial charge in [0.2, 0.25) is 11.1 Å². The summed E-state index contributed by atoms with van der Waals surface area (Å²) in [5.41, 5.74) is 6.93. The van der Waals surface area contributed by atoms with E-state index in [1.807, 2.05) is 50.4 Å². The van der Waals surface area contributed by atoms with Crippen LogP contribution in [0.15, 0.2) is 52.0 Å². The zero-order valence-electron chi connectivity index (χ0n) is 18.3. The fourth-order valence-electron chi connectivity index (χ4n) is 3.17. The van der Waals surface area contributed by atoms with Crippen LogP contribution in [0, 0.1) is 13.8 Å². The third-order valence-electron chi connectivity index (χ3n) is 4.87. The number of furan rings is 1. The standard InChI is InChI=1S/C22H22N6O4S/c1-13-17(14(2)28-21(23-13)24-22(27-28)33-3)11-19(29)25-26-20(30)18-10-9-16(32-18)12-31-15-7-5-4-6-8-15/h4-10H,11-12H2,1-3H3,(H,25,29)(H,26,30). The summed E-state index contributed by atoms with van der Waals surface area (Å²) in [4.78, 5) is 33.5. The van der Waals surface area contributed by atoms with E-state index in [2.05, 4.69) is 25.9 Å². The fourth-order valence-corrected chi connectivity index (χ4v) is 3.51. The number of aromatic nitrogens is 4. The molecule has 3 heterocycles. The van der Waals surface area contributed by atoms with E-state index in [0.29, 0.717) is 33.7 Å². The number of hydrogen-bond acceptors (Lipinski definition) is 8. The molecule has 1 aromatic carbocycles. The van der Waals surface area contributed by atoms with Gasteiger partial charge >= 0.3 is 5.91 Å². The predicted molar refractivity (Wildman–Crippen MR) is 121 cm³/mol. The first-order valence-corrected chi connectivity index (χ1v) is 11.3. The van der Waals surface area contributed by atoms with Crippen LogP contribution in [0.3, 0.4) is 0 Å². The number of thioether (sulfide) groups is 1. The SMILES string of the molecule is CSc1nc2nc(C)c(CC(=O)NNC(=O)c3ccc(COc4ccccc4)o3)c(C)n2n1. The normalized spacial score (nSPS) is 10.9. The van der Waals surface area contributed by atoms with E-state index in [0.717, 1.165) is 5.69 Å². The van der Waals surface area contributed by atoms with Crippen molar-refractivity contribution in [2.75, 3.05) is 6.26 Å². The van der Waals surface area contributed by atoms with Gasteiger partial charge in [0.25, 0.3) is 5.78 Å². The Labute approximate surface area is 193 Å². The minimum absolute atomic E-state index is 0.0175. The van der Waals surface area contributed by atoms with Gasteiger partial charge in [0.1, 0.15) is 18.1 Å². The van der Waals surface area contributed by atoms with Gasteiger partial charge in [-0.25, -0.2) is 9.50 Å². The van der Waals surface area contributed by atoms with E-state index in [9.17, 15) is 9.59 Å². The van der Waals surface area contributed by atoms with Gasteiger partial charge in [-0.3, -0.25) is 20.4 Å². The number of benzene rings is 1. The minimum Gasteiger partial charge on any atom is -0.486 e. The molecule has 0 saturated carbocycles.